The lowest BCUT2D eigenvalue weighted by Gasteiger charge is -2.31. The van der Waals surface area contributed by atoms with Crippen LogP contribution in [-0.4, -0.2) is 41.0 Å². The summed E-state index contributed by atoms with van der Waals surface area (Å²) in [6, 6.07) is 0. The third kappa shape index (κ3) is 4.93. The van der Waals surface area contributed by atoms with Crippen molar-refractivity contribution in [2.24, 2.45) is 11.8 Å². The highest BCUT2D eigenvalue weighted by atomic mass is 16.7. The highest BCUT2D eigenvalue weighted by molar-refractivity contribution is 4.71. The van der Waals surface area contributed by atoms with Gasteiger partial charge in [-0.3, -0.25) is 0 Å². The SMILES string of the molecule is [CH2]C(C)CC(C(OC)OC)C(OC)OC. The van der Waals surface area contributed by atoms with Crippen molar-refractivity contribution in [3.63, 3.8) is 0 Å². The zero-order chi connectivity index (χ0) is 11.8. The summed E-state index contributed by atoms with van der Waals surface area (Å²) in [7, 11) is 6.43. The van der Waals surface area contributed by atoms with Crippen LogP contribution in [0.15, 0.2) is 0 Å². The first-order chi connectivity index (χ1) is 7.10. The summed E-state index contributed by atoms with van der Waals surface area (Å²) in [6.07, 6.45) is 0.150. The van der Waals surface area contributed by atoms with Gasteiger partial charge in [-0.1, -0.05) is 13.8 Å². The molecular weight excluding hydrogens is 196 g/mol. The first-order valence-electron chi connectivity index (χ1n) is 5.04. The average Bonchev–Trinajstić information content (AvgIpc) is 2.20. The molecule has 0 aliphatic heterocycles. The van der Waals surface area contributed by atoms with Gasteiger partial charge in [-0.2, -0.15) is 0 Å². The molecule has 0 aromatic rings. The molecule has 91 valence electrons. The highest BCUT2D eigenvalue weighted by Crippen LogP contribution is 2.23. The van der Waals surface area contributed by atoms with Gasteiger partial charge in [0, 0.05) is 28.4 Å². The Morgan fingerprint density at radius 2 is 1.20 bits per heavy atom. The molecule has 0 saturated carbocycles. The average molecular weight is 219 g/mol. The van der Waals surface area contributed by atoms with Gasteiger partial charge in [0.2, 0.25) is 0 Å². The lowest BCUT2D eigenvalue weighted by atomic mass is 9.95. The third-order valence-corrected chi connectivity index (χ3v) is 2.30. The molecule has 0 aliphatic rings. The Balaban J connectivity index is 4.52. The summed E-state index contributed by atoms with van der Waals surface area (Å²) in [5.74, 6) is 0.304. The molecule has 4 heteroatoms. The molecule has 15 heavy (non-hydrogen) atoms. The Morgan fingerprint density at radius 1 is 0.867 bits per heavy atom. The van der Waals surface area contributed by atoms with E-state index in [-0.39, 0.29) is 24.4 Å². The van der Waals surface area contributed by atoms with Gasteiger partial charge in [0.05, 0.1) is 5.92 Å². The summed E-state index contributed by atoms with van der Waals surface area (Å²) in [5, 5.41) is 0. The summed E-state index contributed by atoms with van der Waals surface area (Å²) >= 11 is 0. The summed E-state index contributed by atoms with van der Waals surface area (Å²) in [5.41, 5.74) is 0. The van der Waals surface area contributed by atoms with E-state index in [1.807, 2.05) is 6.92 Å². The maximum absolute atomic E-state index is 5.24. The molecular formula is C11H23O4. The summed E-state index contributed by atoms with van der Waals surface area (Å²) < 4.78 is 20.9. The monoisotopic (exact) mass is 219 g/mol. The number of methoxy groups -OCH3 is 4. The van der Waals surface area contributed by atoms with Crippen LogP contribution in [0.4, 0.5) is 0 Å². The van der Waals surface area contributed by atoms with Gasteiger partial charge in [-0.05, 0) is 12.3 Å². The molecule has 0 heterocycles. The van der Waals surface area contributed by atoms with E-state index in [4.69, 9.17) is 18.9 Å². The maximum Gasteiger partial charge on any atom is 0.164 e. The van der Waals surface area contributed by atoms with Crippen molar-refractivity contribution in [1.82, 2.24) is 0 Å². The fourth-order valence-corrected chi connectivity index (χ4v) is 1.71. The maximum atomic E-state index is 5.24. The van der Waals surface area contributed by atoms with Gasteiger partial charge in [0.1, 0.15) is 0 Å². The van der Waals surface area contributed by atoms with Crippen molar-refractivity contribution in [1.29, 1.82) is 0 Å². The Kier molecular flexibility index (Phi) is 7.96. The van der Waals surface area contributed by atoms with Crippen molar-refractivity contribution in [3.8, 4) is 0 Å². The number of hydrogen-bond donors (Lipinski definition) is 0. The van der Waals surface area contributed by atoms with Crippen LogP contribution in [0.5, 0.6) is 0 Å². The fraction of sp³-hybridized carbons (Fsp3) is 0.909. The Hall–Kier alpha value is -0.160. The van der Waals surface area contributed by atoms with Gasteiger partial charge in [0.25, 0.3) is 0 Å². The van der Waals surface area contributed by atoms with Crippen molar-refractivity contribution in [3.05, 3.63) is 6.92 Å². The zero-order valence-corrected chi connectivity index (χ0v) is 10.4. The molecule has 0 aliphatic carbocycles. The van der Waals surface area contributed by atoms with Gasteiger partial charge in [-0.15, -0.1) is 0 Å². The molecule has 0 aromatic carbocycles. The number of rotatable bonds is 8. The Bertz CT molecular complexity index is 130. The Morgan fingerprint density at radius 3 is 1.40 bits per heavy atom. The Labute approximate surface area is 92.8 Å². The van der Waals surface area contributed by atoms with Crippen LogP contribution >= 0.6 is 0 Å². The van der Waals surface area contributed by atoms with Gasteiger partial charge in [-0.25, -0.2) is 0 Å². The topological polar surface area (TPSA) is 36.9 Å². The molecule has 1 atom stereocenters. The second kappa shape index (κ2) is 8.05. The van der Waals surface area contributed by atoms with E-state index in [1.165, 1.54) is 0 Å². The van der Waals surface area contributed by atoms with Crippen molar-refractivity contribution in [2.45, 2.75) is 25.9 Å². The molecule has 0 N–H and O–H groups in total. The van der Waals surface area contributed by atoms with Crippen LogP contribution in [0, 0.1) is 18.8 Å². The highest BCUT2D eigenvalue weighted by Gasteiger charge is 2.30. The van der Waals surface area contributed by atoms with E-state index in [9.17, 15) is 0 Å². The molecule has 0 aromatic heterocycles. The molecule has 1 unspecified atom stereocenters. The largest absolute Gasteiger partial charge is 0.355 e. The van der Waals surface area contributed by atoms with Crippen molar-refractivity contribution < 1.29 is 18.9 Å². The second-order valence-electron chi connectivity index (χ2n) is 3.68. The molecule has 0 fully saturated rings. The van der Waals surface area contributed by atoms with Crippen LogP contribution < -0.4 is 0 Å². The van der Waals surface area contributed by atoms with E-state index in [2.05, 4.69) is 6.92 Å². The predicted octanol–water partition coefficient (Wildman–Crippen LogP) is 1.70. The minimum absolute atomic E-state index is 0.0162. The molecule has 1 radical (unpaired) electrons. The zero-order valence-electron chi connectivity index (χ0n) is 10.4. The first kappa shape index (κ1) is 14.8. The van der Waals surface area contributed by atoms with E-state index >= 15 is 0 Å². The predicted molar refractivity (Wildman–Crippen MR) is 58.2 cm³/mol. The van der Waals surface area contributed by atoms with Crippen molar-refractivity contribution >= 4 is 0 Å². The van der Waals surface area contributed by atoms with Crippen molar-refractivity contribution in [2.75, 3.05) is 28.4 Å². The van der Waals surface area contributed by atoms with Gasteiger partial charge in [0.15, 0.2) is 12.6 Å². The minimum atomic E-state index is -0.334. The molecule has 0 saturated heterocycles. The first-order valence-corrected chi connectivity index (χ1v) is 5.04. The molecule has 0 spiro atoms. The van der Waals surface area contributed by atoms with Crippen LogP contribution in [0.1, 0.15) is 13.3 Å². The normalized spacial score (nSPS) is 12.4. The number of hydrogen-bond acceptors (Lipinski definition) is 4. The fourth-order valence-electron chi connectivity index (χ4n) is 1.71. The molecule has 4 nitrogen and oxygen atoms in total. The van der Waals surface area contributed by atoms with Gasteiger partial charge < -0.3 is 18.9 Å². The molecule has 0 amide bonds. The lowest BCUT2D eigenvalue weighted by molar-refractivity contribution is -0.224. The van der Waals surface area contributed by atoms with Crippen LogP contribution in [0.3, 0.4) is 0 Å². The second-order valence-corrected chi connectivity index (χ2v) is 3.68. The standard InChI is InChI=1S/C11H23O4/c1-8(2)7-9(10(12-3)13-4)11(14-5)15-6/h8-11H,1,7H2,2-6H3. The molecule has 0 bridgehead atoms. The van der Waals surface area contributed by atoms with Crippen LogP contribution in [-0.2, 0) is 18.9 Å². The molecule has 0 rings (SSSR count). The third-order valence-electron chi connectivity index (χ3n) is 2.30. The van der Waals surface area contributed by atoms with E-state index in [0.29, 0.717) is 0 Å². The minimum Gasteiger partial charge on any atom is -0.355 e. The van der Waals surface area contributed by atoms with E-state index < -0.39 is 0 Å². The van der Waals surface area contributed by atoms with E-state index in [1.54, 1.807) is 28.4 Å². The quantitative estimate of drug-likeness (QED) is 0.582. The number of ether oxygens (including phenoxy) is 4. The van der Waals surface area contributed by atoms with E-state index in [0.717, 1.165) is 6.42 Å². The summed E-state index contributed by atoms with van der Waals surface area (Å²) in [6.45, 7) is 6.00. The van der Waals surface area contributed by atoms with Crippen LogP contribution in [0.2, 0.25) is 0 Å². The van der Waals surface area contributed by atoms with Crippen LogP contribution in [0.25, 0.3) is 0 Å². The summed E-state index contributed by atoms with van der Waals surface area (Å²) in [4.78, 5) is 0. The lowest BCUT2D eigenvalue weighted by Crippen LogP contribution is -2.37. The smallest absolute Gasteiger partial charge is 0.164 e. The van der Waals surface area contributed by atoms with Gasteiger partial charge >= 0.3 is 0 Å².